The summed E-state index contributed by atoms with van der Waals surface area (Å²) in [5.74, 6) is -1.44. The van der Waals surface area contributed by atoms with Crippen molar-refractivity contribution in [3.63, 3.8) is 0 Å². The van der Waals surface area contributed by atoms with E-state index < -0.39 is 17.4 Å². The molecule has 0 saturated heterocycles. The second-order valence-electron chi connectivity index (χ2n) is 4.34. The van der Waals surface area contributed by atoms with E-state index in [0.717, 1.165) is 12.8 Å². The van der Waals surface area contributed by atoms with Crippen LogP contribution in [0, 0.1) is 11.3 Å². The van der Waals surface area contributed by atoms with Crippen LogP contribution in [0.1, 0.15) is 39.0 Å². The Hall–Kier alpha value is -1.06. The average Bonchev–Trinajstić information content (AvgIpc) is 2.08. The molecular formula is C10H16O4. The van der Waals surface area contributed by atoms with Crippen LogP contribution in [0.25, 0.3) is 0 Å². The van der Waals surface area contributed by atoms with Crippen molar-refractivity contribution >= 4 is 11.9 Å². The number of rotatable bonds is 3. The minimum atomic E-state index is -1.01. The first-order chi connectivity index (χ1) is 6.46. The van der Waals surface area contributed by atoms with Crippen LogP contribution in [0.2, 0.25) is 0 Å². The first kappa shape index (κ1) is 11.0. The highest BCUT2D eigenvalue weighted by molar-refractivity contribution is 5.81. The van der Waals surface area contributed by atoms with Crippen molar-refractivity contribution in [3.05, 3.63) is 0 Å². The SMILES string of the molecule is CC1CCC(CC(=O)O)(C(=O)O)CC1. The lowest BCUT2D eigenvalue weighted by Crippen LogP contribution is -2.37. The molecule has 0 radical (unpaired) electrons. The summed E-state index contributed by atoms with van der Waals surface area (Å²) in [6.07, 6.45) is 2.39. The Morgan fingerprint density at radius 1 is 1.29 bits per heavy atom. The standard InChI is InChI=1S/C10H16O4/c1-7-2-4-10(5-3-7,9(13)14)6-8(11)12/h7H,2-6H2,1H3,(H,11,12)(H,13,14). The Morgan fingerprint density at radius 3 is 2.14 bits per heavy atom. The lowest BCUT2D eigenvalue weighted by atomic mass is 9.69. The summed E-state index contributed by atoms with van der Waals surface area (Å²) in [6, 6.07) is 0. The molecule has 4 heteroatoms. The zero-order valence-corrected chi connectivity index (χ0v) is 8.32. The number of carbonyl (C=O) groups is 2. The number of aliphatic carboxylic acids is 2. The van der Waals surface area contributed by atoms with Gasteiger partial charge in [0.2, 0.25) is 0 Å². The molecule has 1 aliphatic rings. The maximum Gasteiger partial charge on any atom is 0.310 e. The van der Waals surface area contributed by atoms with Crippen molar-refractivity contribution < 1.29 is 19.8 Å². The van der Waals surface area contributed by atoms with Crippen molar-refractivity contribution in [3.8, 4) is 0 Å². The van der Waals surface area contributed by atoms with E-state index in [4.69, 9.17) is 10.2 Å². The van der Waals surface area contributed by atoms with Gasteiger partial charge in [-0.15, -0.1) is 0 Å². The number of carboxylic acid groups (broad SMARTS) is 2. The second-order valence-corrected chi connectivity index (χ2v) is 4.34. The van der Waals surface area contributed by atoms with E-state index in [1.54, 1.807) is 0 Å². The highest BCUT2D eigenvalue weighted by Gasteiger charge is 2.42. The lowest BCUT2D eigenvalue weighted by molar-refractivity contribution is -0.158. The Balaban J connectivity index is 2.73. The van der Waals surface area contributed by atoms with Crippen LogP contribution in [0.5, 0.6) is 0 Å². The zero-order chi connectivity index (χ0) is 10.8. The third-order valence-corrected chi connectivity index (χ3v) is 3.17. The molecule has 0 amide bonds. The van der Waals surface area contributed by atoms with Gasteiger partial charge in [-0.25, -0.2) is 0 Å². The van der Waals surface area contributed by atoms with E-state index in [-0.39, 0.29) is 6.42 Å². The maximum absolute atomic E-state index is 11.1. The van der Waals surface area contributed by atoms with Crippen LogP contribution >= 0.6 is 0 Å². The summed E-state index contributed by atoms with van der Waals surface area (Å²) in [6.45, 7) is 2.08. The molecule has 1 rings (SSSR count). The van der Waals surface area contributed by atoms with Crippen LogP contribution in [0.3, 0.4) is 0 Å². The molecule has 1 aliphatic carbocycles. The van der Waals surface area contributed by atoms with E-state index in [9.17, 15) is 9.59 Å². The Bertz CT molecular complexity index is 239. The summed E-state index contributed by atoms with van der Waals surface area (Å²) in [7, 11) is 0. The largest absolute Gasteiger partial charge is 0.481 e. The highest BCUT2D eigenvalue weighted by atomic mass is 16.4. The molecule has 0 aliphatic heterocycles. The monoisotopic (exact) mass is 200 g/mol. The molecule has 2 N–H and O–H groups in total. The predicted molar refractivity (Wildman–Crippen MR) is 50.0 cm³/mol. The smallest absolute Gasteiger partial charge is 0.310 e. The van der Waals surface area contributed by atoms with Gasteiger partial charge in [0.15, 0.2) is 0 Å². The van der Waals surface area contributed by atoms with Crippen molar-refractivity contribution in [2.24, 2.45) is 11.3 Å². The van der Waals surface area contributed by atoms with Gasteiger partial charge in [0.1, 0.15) is 0 Å². The minimum absolute atomic E-state index is 0.241. The molecule has 80 valence electrons. The third kappa shape index (κ3) is 2.25. The topological polar surface area (TPSA) is 74.6 Å². The molecule has 14 heavy (non-hydrogen) atoms. The van der Waals surface area contributed by atoms with Gasteiger partial charge >= 0.3 is 11.9 Å². The molecule has 0 unspecified atom stereocenters. The summed E-state index contributed by atoms with van der Waals surface area (Å²) < 4.78 is 0. The molecule has 0 bridgehead atoms. The summed E-state index contributed by atoms with van der Waals surface area (Å²) in [5.41, 5.74) is -1.00. The van der Waals surface area contributed by atoms with Gasteiger partial charge < -0.3 is 10.2 Å². The quantitative estimate of drug-likeness (QED) is 0.727. The van der Waals surface area contributed by atoms with E-state index >= 15 is 0 Å². The number of hydrogen-bond donors (Lipinski definition) is 2. The summed E-state index contributed by atoms with van der Waals surface area (Å²) >= 11 is 0. The van der Waals surface area contributed by atoms with E-state index in [2.05, 4.69) is 6.92 Å². The van der Waals surface area contributed by atoms with Crippen molar-refractivity contribution in [1.82, 2.24) is 0 Å². The number of carboxylic acids is 2. The Labute approximate surface area is 82.9 Å². The van der Waals surface area contributed by atoms with Gasteiger partial charge in [-0.05, 0) is 31.6 Å². The maximum atomic E-state index is 11.1. The van der Waals surface area contributed by atoms with Crippen LogP contribution in [-0.4, -0.2) is 22.2 Å². The molecule has 1 saturated carbocycles. The molecule has 0 atom stereocenters. The molecule has 0 aromatic carbocycles. The van der Waals surface area contributed by atoms with Gasteiger partial charge in [0.25, 0.3) is 0 Å². The molecule has 0 aromatic rings. The van der Waals surface area contributed by atoms with Crippen LogP contribution < -0.4 is 0 Å². The summed E-state index contributed by atoms with van der Waals surface area (Å²) in [4.78, 5) is 21.7. The molecule has 0 aromatic heterocycles. The molecule has 0 heterocycles. The van der Waals surface area contributed by atoms with Crippen LogP contribution in [0.4, 0.5) is 0 Å². The second kappa shape index (κ2) is 3.98. The van der Waals surface area contributed by atoms with Crippen LogP contribution in [0.15, 0.2) is 0 Å². The van der Waals surface area contributed by atoms with Gasteiger partial charge in [-0.2, -0.15) is 0 Å². The van der Waals surface area contributed by atoms with Crippen molar-refractivity contribution in [2.75, 3.05) is 0 Å². The molecule has 4 nitrogen and oxygen atoms in total. The highest BCUT2D eigenvalue weighted by Crippen LogP contribution is 2.41. The van der Waals surface area contributed by atoms with Crippen molar-refractivity contribution in [1.29, 1.82) is 0 Å². The normalized spacial score (nSPS) is 32.5. The third-order valence-electron chi connectivity index (χ3n) is 3.17. The average molecular weight is 200 g/mol. The fourth-order valence-corrected chi connectivity index (χ4v) is 2.07. The Morgan fingerprint density at radius 2 is 1.79 bits per heavy atom. The first-order valence-electron chi connectivity index (χ1n) is 4.91. The van der Waals surface area contributed by atoms with Gasteiger partial charge in [-0.1, -0.05) is 6.92 Å². The predicted octanol–water partition coefficient (Wildman–Crippen LogP) is 1.74. The van der Waals surface area contributed by atoms with Gasteiger partial charge in [0.05, 0.1) is 11.8 Å². The van der Waals surface area contributed by atoms with Gasteiger partial charge in [0, 0.05) is 0 Å². The lowest BCUT2D eigenvalue weighted by Gasteiger charge is -2.34. The summed E-state index contributed by atoms with van der Waals surface area (Å²) in [5, 5.41) is 17.7. The molecule has 1 fully saturated rings. The fourth-order valence-electron chi connectivity index (χ4n) is 2.07. The molecule has 0 spiro atoms. The first-order valence-corrected chi connectivity index (χ1v) is 4.91. The van der Waals surface area contributed by atoms with Crippen LogP contribution in [-0.2, 0) is 9.59 Å². The fraction of sp³-hybridized carbons (Fsp3) is 0.800. The number of hydrogen-bond acceptors (Lipinski definition) is 2. The van der Waals surface area contributed by atoms with E-state index in [0.29, 0.717) is 18.8 Å². The van der Waals surface area contributed by atoms with E-state index in [1.165, 1.54) is 0 Å². The Kier molecular flexibility index (Phi) is 3.13. The van der Waals surface area contributed by atoms with Crippen molar-refractivity contribution in [2.45, 2.75) is 39.0 Å². The zero-order valence-electron chi connectivity index (χ0n) is 8.32. The minimum Gasteiger partial charge on any atom is -0.481 e. The molecular weight excluding hydrogens is 184 g/mol. The van der Waals surface area contributed by atoms with Gasteiger partial charge in [-0.3, -0.25) is 9.59 Å². The van der Waals surface area contributed by atoms with E-state index in [1.807, 2.05) is 0 Å².